The van der Waals surface area contributed by atoms with E-state index in [1.54, 1.807) is 6.33 Å². The smallest absolute Gasteiger partial charge is 0.326 e. The van der Waals surface area contributed by atoms with E-state index in [0.29, 0.717) is 6.54 Å². The predicted molar refractivity (Wildman–Crippen MR) is 69.8 cm³/mol. The van der Waals surface area contributed by atoms with Gasteiger partial charge in [-0.1, -0.05) is 0 Å². The van der Waals surface area contributed by atoms with Gasteiger partial charge in [0.05, 0.1) is 30.2 Å². The summed E-state index contributed by atoms with van der Waals surface area (Å²) in [6.45, 7) is 3.07. The van der Waals surface area contributed by atoms with Crippen LogP contribution in [0.5, 0.6) is 0 Å². The van der Waals surface area contributed by atoms with Crippen molar-refractivity contribution < 1.29 is 14.7 Å². The Labute approximate surface area is 116 Å². The molecule has 3 unspecified atom stereocenters. The van der Waals surface area contributed by atoms with Gasteiger partial charge in [0.25, 0.3) is 0 Å². The van der Waals surface area contributed by atoms with Crippen molar-refractivity contribution in [1.82, 2.24) is 20.2 Å². The number of carbonyl (C=O) groups is 2. The normalized spacial score (nSPS) is 29.2. The largest absolute Gasteiger partial charge is 0.480 e. The van der Waals surface area contributed by atoms with E-state index in [4.69, 9.17) is 0 Å². The summed E-state index contributed by atoms with van der Waals surface area (Å²) in [5.41, 5.74) is 1.59. The molecular formula is C13H18N4O3. The van der Waals surface area contributed by atoms with Crippen molar-refractivity contribution in [2.24, 2.45) is 5.92 Å². The van der Waals surface area contributed by atoms with E-state index >= 15 is 0 Å². The lowest BCUT2D eigenvalue weighted by Gasteiger charge is -2.34. The standard InChI is InChI=1S/C13H18N4O3/c1-7-8(2-3-14-7)12(18)17-5-10-9(15-6-16-10)4-11(17)13(19)20/h6-8,11,14H,2-5H2,1H3,(H,15,16)(H,19,20). The Kier molecular flexibility index (Phi) is 3.21. The maximum atomic E-state index is 12.6. The van der Waals surface area contributed by atoms with Crippen molar-refractivity contribution in [2.45, 2.75) is 38.4 Å². The maximum absolute atomic E-state index is 12.6. The fraction of sp³-hybridized carbons (Fsp3) is 0.615. The first kappa shape index (κ1) is 13.1. The van der Waals surface area contributed by atoms with Crippen LogP contribution in [0.1, 0.15) is 24.7 Å². The minimum atomic E-state index is -0.967. The third-order valence-electron chi connectivity index (χ3n) is 4.31. The van der Waals surface area contributed by atoms with Crippen LogP contribution in [0.3, 0.4) is 0 Å². The third kappa shape index (κ3) is 2.07. The maximum Gasteiger partial charge on any atom is 0.326 e. The van der Waals surface area contributed by atoms with E-state index in [1.165, 1.54) is 4.90 Å². The van der Waals surface area contributed by atoms with E-state index in [-0.39, 0.29) is 24.3 Å². The molecule has 1 saturated heterocycles. The molecule has 3 rings (SSSR count). The number of imidazole rings is 1. The van der Waals surface area contributed by atoms with Gasteiger partial charge >= 0.3 is 5.97 Å². The monoisotopic (exact) mass is 278 g/mol. The second kappa shape index (κ2) is 4.90. The van der Waals surface area contributed by atoms with Gasteiger partial charge in [0, 0.05) is 12.5 Å². The summed E-state index contributed by atoms with van der Waals surface area (Å²) in [5.74, 6) is -1.18. The van der Waals surface area contributed by atoms with E-state index in [0.717, 1.165) is 24.4 Å². The van der Waals surface area contributed by atoms with Crippen LogP contribution in [-0.2, 0) is 22.6 Å². The van der Waals surface area contributed by atoms with Gasteiger partial charge in [-0.25, -0.2) is 9.78 Å². The van der Waals surface area contributed by atoms with Gasteiger partial charge in [-0.15, -0.1) is 0 Å². The fourth-order valence-electron chi connectivity index (χ4n) is 3.10. The topological polar surface area (TPSA) is 98.3 Å². The molecule has 0 spiro atoms. The number of aliphatic carboxylic acids is 1. The molecular weight excluding hydrogens is 260 g/mol. The molecule has 2 aliphatic rings. The van der Waals surface area contributed by atoms with E-state index < -0.39 is 12.0 Å². The predicted octanol–water partition coefficient (Wildman–Crippen LogP) is -0.254. The Morgan fingerprint density at radius 2 is 2.30 bits per heavy atom. The van der Waals surface area contributed by atoms with Gasteiger partial charge in [0.1, 0.15) is 6.04 Å². The Bertz CT molecular complexity index is 541. The molecule has 20 heavy (non-hydrogen) atoms. The number of hydrogen-bond donors (Lipinski definition) is 3. The van der Waals surface area contributed by atoms with Crippen molar-refractivity contribution in [2.75, 3.05) is 6.54 Å². The minimum Gasteiger partial charge on any atom is -0.480 e. The lowest BCUT2D eigenvalue weighted by molar-refractivity contribution is -0.153. The quantitative estimate of drug-likeness (QED) is 0.692. The molecule has 3 N–H and O–H groups in total. The van der Waals surface area contributed by atoms with Gasteiger partial charge in [0.2, 0.25) is 5.91 Å². The van der Waals surface area contributed by atoms with E-state index in [1.807, 2.05) is 6.92 Å². The first-order valence-electron chi connectivity index (χ1n) is 6.85. The van der Waals surface area contributed by atoms with Crippen LogP contribution in [0.15, 0.2) is 6.33 Å². The van der Waals surface area contributed by atoms with Crippen LogP contribution in [-0.4, -0.2) is 50.5 Å². The highest BCUT2D eigenvalue weighted by molar-refractivity contribution is 5.86. The number of fused-ring (bicyclic) bond motifs is 1. The Morgan fingerprint density at radius 1 is 1.50 bits per heavy atom. The van der Waals surface area contributed by atoms with Crippen molar-refractivity contribution in [3.8, 4) is 0 Å². The lowest BCUT2D eigenvalue weighted by atomic mass is 9.96. The van der Waals surface area contributed by atoms with Crippen molar-refractivity contribution in [3.05, 3.63) is 17.7 Å². The van der Waals surface area contributed by atoms with Gasteiger partial charge < -0.3 is 20.3 Å². The number of hydrogen-bond acceptors (Lipinski definition) is 4. The molecule has 1 fully saturated rings. The van der Waals surface area contributed by atoms with Crippen molar-refractivity contribution >= 4 is 11.9 Å². The molecule has 0 saturated carbocycles. The first-order chi connectivity index (χ1) is 9.58. The zero-order valence-electron chi connectivity index (χ0n) is 11.3. The number of rotatable bonds is 2. The molecule has 0 aromatic carbocycles. The Hall–Kier alpha value is -1.89. The highest BCUT2D eigenvalue weighted by Crippen LogP contribution is 2.26. The number of carboxylic acids is 1. The number of H-pyrrole nitrogens is 1. The molecule has 3 heterocycles. The van der Waals surface area contributed by atoms with E-state index in [2.05, 4.69) is 15.3 Å². The lowest BCUT2D eigenvalue weighted by Crippen LogP contribution is -2.51. The number of amides is 1. The molecule has 0 bridgehead atoms. The summed E-state index contributed by atoms with van der Waals surface area (Å²) in [6.07, 6.45) is 2.59. The Morgan fingerprint density at radius 3 is 2.95 bits per heavy atom. The molecule has 7 heteroatoms. The van der Waals surface area contributed by atoms with Gasteiger partial charge in [-0.2, -0.15) is 0 Å². The molecule has 0 aliphatic carbocycles. The molecule has 1 aromatic rings. The van der Waals surface area contributed by atoms with Crippen molar-refractivity contribution in [1.29, 1.82) is 0 Å². The molecule has 1 aromatic heterocycles. The summed E-state index contributed by atoms with van der Waals surface area (Å²) in [5, 5.41) is 12.6. The summed E-state index contributed by atoms with van der Waals surface area (Å²) in [4.78, 5) is 32.7. The number of carboxylic acid groups (broad SMARTS) is 1. The minimum absolute atomic E-state index is 0.0739. The van der Waals surface area contributed by atoms with Gasteiger partial charge in [-0.05, 0) is 19.9 Å². The second-order valence-electron chi connectivity index (χ2n) is 5.49. The van der Waals surface area contributed by atoms with Crippen LogP contribution in [0.4, 0.5) is 0 Å². The molecule has 0 radical (unpaired) electrons. The van der Waals surface area contributed by atoms with Crippen LogP contribution in [0, 0.1) is 5.92 Å². The van der Waals surface area contributed by atoms with Crippen LogP contribution in [0.2, 0.25) is 0 Å². The molecule has 2 aliphatic heterocycles. The van der Waals surface area contributed by atoms with Crippen LogP contribution in [0.25, 0.3) is 0 Å². The average Bonchev–Trinajstić information content (AvgIpc) is 3.04. The molecule has 3 atom stereocenters. The second-order valence-corrected chi connectivity index (χ2v) is 5.49. The van der Waals surface area contributed by atoms with Crippen molar-refractivity contribution in [3.63, 3.8) is 0 Å². The van der Waals surface area contributed by atoms with E-state index in [9.17, 15) is 14.7 Å². The highest BCUT2D eigenvalue weighted by Gasteiger charge is 2.40. The molecule has 1 amide bonds. The third-order valence-corrected chi connectivity index (χ3v) is 4.31. The van der Waals surface area contributed by atoms with Gasteiger partial charge in [0.15, 0.2) is 0 Å². The zero-order valence-corrected chi connectivity index (χ0v) is 11.3. The SMILES string of the molecule is CC1NCCC1C(=O)N1Cc2[nH]cnc2CC1C(=O)O. The van der Waals surface area contributed by atoms with Crippen LogP contribution < -0.4 is 5.32 Å². The Balaban J connectivity index is 1.86. The first-order valence-corrected chi connectivity index (χ1v) is 6.85. The fourth-order valence-corrected chi connectivity index (χ4v) is 3.10. The number of aromatic nitrogens is 2. The average molecular weight is 278 g/mol. The highest BCUT2D eigenvalue weighted by atomic mass is 16.4. The number of aromatic amines is 1. The summed E-state index contributed by atoms with van der Waals surface area (Å²) in [6, 6.07) is -0.716. The zero-order chi connectivity index (χ0) is 14.3. The van der Waals surface area contributed by atoms with Gasteiger partial charge in [-0.3, -0.25) is 4.79 Å². The molecule has 7 nitrogen and oxygen atoms in total. The number of nitrogens with zero attached hydrogens (tertiary/aromatic N) is 2. The number of nitrogens with one attached hydrogen (secondary N) is 2. The number of carbonyl (C=O) groups excluding carboxylic acids is 1. The summed E-state index contributed by atoms with van der Waals surface area (Å²) in [7, 11) is 0. The summed E-state index contributed by atoms with van der Waals surface area (Å²) < 4.78 is 0. The summed E-state index contributed by atoms with van der Waals surface area (Å²) >= 11 is 0. The van der Waals surface area contributed by atoms with Crippen LogP contribution >= 0.6 is 0 Å². The molecule has 108 valence electrons.